The normalized spacial score (nSPS) is 18.9. The molecule has 1 fully saturated rings. The number of para-hydroxylation sites is 1. The summed E-state index contributed by atoms with van der Waals surface area (Å²) in [5.41, 5.74) is 1.10. The molecule has 0 unspecified atom stereocenters. The number of nitrogens with zero attached hydrogens (tertiary/aromatic N) is 1. The molecule has 1 aromatic rings. The van der Waals surface area contributed by atoms with Gasteiger partial charge in [-0.05, 0) is 44.4 Å². The molecule has 1 aliphatic rings. The van der Waals surface area contributed by atoms with Gasteiger partial charge in [-0.25, -0.2) is 4.79 Å². The summed E-state index contributed by atoms with van der Waals surface area (Å²) in [6.45, 7) is 5.82. The molecule has 0 heterocycles. The molecule has 0 aromatic heterocycles. The zero-order valence-corrected chi connectivity index (χ0v) is 15.5. The zero-order chi connectivity index (χ0) is 18.9. The lowest BCUT2D eigenvalue weighted by molar-refractivity contribution is -0.139. The standard InChI is InChI=1S/C19H29N3O4/c1-3-22(13-18(23)24)16-11-15(12-16)21-19(25)20-9-6-10-26-17-8-5-4-7-14(17)2/h4-5,7-8,15-16H,3,6,9-13H2,1-2H3,(H,23,24)(H2,20,21,25). The van der Waals surface area contributed by atoms with Crippen LogP contribution in [0.3, 0.4) is 0 Å². The van der Waals surface area contributed by atoms with E-state index in [1.807, 2.05) is 43.0 Å². The molecule has 0 saturated heterocycles. The van der Waals surface area contributed by atoms with Crippen molar-refractivity contribution in [3.63, 3.8) is 0 Å². The number of carbonyl (C=O) groups is 2. The van der Waals surface area contributed by atoms with Crippen molar-refractivity contribution in [3.8, 4) is 5.75 Å². The lowest BCUT2D eigenvalue weighted by Gasteiger charge is -2.42. The third kappa shape index (κ3) is 6.22. The first-order valence-electron chi connectivity index (χ1n) is 9.18. The summed E-state index contributed by atoms with van der Waals surface area (Å²) in [4.78, 5) is 24.6. The molecule has 2 rings (SSSR count). The smallest absolute Gasteiger partial charge is 0.317 e. The van der Waals surface area contributed by atoms with Crippen molar-refractivity contribution in [2.75, 3.05) is 26.2 Å². The second kappa shape index (κ2) is 10.0. The van der Waals surface area contributed by atoms with Gasteiger partial charge in [-0.3, -0.25) is 9.69 Å². The van der Waals surface area contributed by atoms with Crippen LogP contribution in [0.2, 0.25) is 0 Å². The minimum atomic E-state index is -0.811. The van der Waals surface area contributed by atoms with Crippen LogP contribution in [-0.2, 0) is 4.79 Å². The molecule has 1 aromatic carbocycles. The third-order valence-corrected chi connectivity index (χ3v) is 4.67. The zero-order valence-electron chi connectivity index (χ0n) is 15.5. The third-order valence-electron chi connectivity index (χ3n) is 4.67. The lowest BCUT2D eigenvalue weighted by Crippen LogP contribution is -2.56. The molecule has 26 heavy (non-hydrogen) atoms. The fourth-order valence-electron chi connectivity index (χ4n) is 3.09. The Morgan fingerprint density at radius 2 is 2.04 bits per heavy atom. The van der Waals surface area contributed by atoms with Crippen molar-refractivity contribution in [1.29, 1.82) is 0 Å². The van der Waals surface area contributed by atoms with Crippen LogP contribution in [0.4, 0.5) is 4.79 Å². The van der Waals surface area contributed by atoms with Gasteiger partial charge in [0, 0.05) is 18.6 Å². The van der Waals surface area contributed by atoms with Gasteiger partial charge >= 0.3 is 12.0 Å². The number of rotatable bonds is 10. The van der Waals surface area contributed by atoms with Crippen molar-refractivity contribution in [3.05, 3.63) is 29.8 Å². The molecule has 0 bridgehead atoms. The molecule has 0 atom stereocenters. The Balaban J connectivity index is 1.55. The highest BCUT2D eigenvalue weighted by Crippen LogP contribution is 2.25. The highest BCUT2D eigenvalue weighted by atomic mass is 16.5. The topological polar surface area (TPSA) is 90.9 Å². The van der Waals surface area contributed by atoms with E-state index in [1.54, 1.807) is 0 Å². The van der Waals surface area contributed by atoms with Crippen molar-refractivity contribution < 1.29 is 19.4 Å². The van der Waals surface area contributed by atoms with Gasteiger partial charge in [0.05, 0.1) is 13.2 Å². The summed E-state index contributed by atoms with van der Waals surface area (Å²) in [6, 6.07) is 8.03. The van der Waals surface area contributed by atoms with Crippen molar-refractivity contribution >= 4 is 12.0 Å². The summed E-state index contributed by atoms with van der Waals surface area (Å²) < 4.78 is 5.69. The number of likely N-dealkylation sites (N-methyl/N-ethyl adjacent to an activating group) is 1. The number of ether oxygens (including phenoxy) is 1. The molecule has 2 amide bonds. The molecule has 144 valence electrons. The number of urea groups is 1. The maximum Gasteiger partial charge on any atom is 0.317 e. The minimum absolute atomic E-state index is 0.0565. The van der Waals surface area contributed by atoms with Crippen LogP contribution in [0, 0.1) is 6.92 Å². The van der Waals surface area contributed by atoms with Crippen molar-refractivity contribution in [2.45, 2.75) is 45.2 Å². The summed E-state index contributed by atoms with van der Waals surface area (Å²) in [7, 11) is 0. The number of benzene rings is 1. The Hall–Kier alpha value is -2.28. The highest BCUT2D eigenvalue weighted by molar-refractivity contribution is 5.74. The minimum Gasteiger partial charge on any atom is -0.493 e. The Morgan fingerprint density at radius 3 is 2.69 bits per heavy atom. The first kappa shape index (κ1) is 20.0. The molecule has 3 N–H and O–H groups in total. The van der Waals surface area contributed by atoms with E-state index in [9.17, 15) is 9.59 Å². The number of nitrogens with one attached hydrogen (secondary N) is 2. The number of amides is 2. The molecular weight excluding hydrogens is 334 g/mol. The Labute approximate surface area is 154 Å². The SMILES string of the molecule is CCN(CC(=O)O)C1CC(NC(=O)NCCCOc2ccccc2C)C1. The second-order valence-corrected chi connectivity index (χ2v) is 6.65. The Morgan fingerprint density at radius 1 is 1.31 bits per heavy atom. The van der Waals surface area contributed by atoms with E-state index in [0.29, 0.717) is 19.7 Å². The van der Waals surface area contributed by atoms with Crippen LogP contribution >= 0.6 is 0 Å². The predicted molar refractivity (Wildman–Crippen MR) is 99.5 cm³/mol. The first-order chi connectivity index (χ1) is 12.5. The van der Waals surface area contributed by atoms with Crippen LogP contribution < -0.4 is 15.4 Å². The average Bonchev–Trinajstić information content (AvgIpc) is 2.57. The maximum absolute atomic E-state index is 11.9. The number of carboxylic acids is 1. The molecule has 7 heteroatoms. The number of hydrogen-bond acceptors (Lipinski definition) is 4. The van der Waals surface area contributed by atoms with Gasteiger partial charge < -0.3 is 20.5 Å². The number of carboxylic acid groups (broad SMARTS) is 1. The maximum atomic E-state index is 11.9. The number of aliphatic carboxylic acids is 1. The van der Waals surface area contributed by atoms with Gasteiger partial charge in [-0.2, -0.15) is 0 Å². The summed E-state index contributed by atoms with van der Waals surface area (Å²) in [5.74, 6) is 0.0632. The number of hydrogen-bond donors (Lipinski definition) is 3. The van der Waals surface area contributed by atoms with Gasteiger partial charge in [0.1, 0.15) is 5.75 Å². The van der Waals surface area contributed by atoms with Gasteiger partial charge in [0.2, 0.25) is 0 Å². The fourth-order valence-corrected chi connectivity index (χ4v) is 3.09. The molecule has 1 saturated carbocycles. The Kier molecular flexibility index (Phi) is 7.72. The van der Waals surface area contributed by atoms with Crippen LogP contribution in [0.15, 0.2) is 24.3 Å². The van der Waals surface area contributed by atoms with Crippen LogP contribution in [0.5, 0.6) is 5.75 Å². The fraction of sp³-hybridized carbons (Fsp3) is 0.579. The predicted octanol–water partition coefficient (Wildman–Crippen LogP) is 2.00. The van der Waals surface area contributed by atoms with Gasteiger partial charge in [0.15, 0.2) is 0 Å². The van der Waals surface area contributed by atoms with Crippen LogP contribution in [0.25, 0.3) is 0 Å². The summed E-state index contributed by atoms with van der Waals surface area (Å²) in [5, 5.41) is 14.7. The van der Waals surface area contributed by atoms with E-state index in [1.165, 1.54) is 0 Å². The molecule has 0 spiro atoms. The van der Waals surface area contributed by atoms with Gasteiger partial charge in [-0.15, -0.1) is 0 Å². The summed E-state index contributed by atoms with van der Waals surface area (Å²) >= 11 is 0. The molecule has 7 nitrogen and oxygen atoms in total. The largest absolute Gasteiger partial charge is 0.493 e. The molecular formula is C19H29N3O4. The van der Waals surface area contributed by atoms with Crippen molar-refractivity contribution in [2.24, 2.45) is 0 Å². The number of aryl methyl sites for hydroxylation is 1. The number of carbonyl (C=O) groups excluding carboxylic acids is 1. The first-order valence-corrected chi connectivity index (χ1v) is 9.18. The van der Waals surface area contributed by atoms with Crippen LogP contribution in [0.1, 0.15) is 31.7 Å². The highest BCUT2D eigenvalue weighted by Gasteiger charge is 2.34. The van der Waals surface area contributed by atoms with Crippen molar-refractivity contribution in [1.82, 2.24) is 15.5 Å². The van der Waals surface area contributed by atoms with Gasteiger partial charge in [-0.1, -0.05) is 25.1 Å². The average molecular weight is 363 g/mol. The molecule has 1 aliphatic carbocycles. The Bertz CT molecular complexity index is 602. The van der Waals surface area contributed by atoms with E-state index in [2.05, 4.69) is 10.6 Å². The second-order valence-electron chi connectivity index (χ2n) is 6.65. The molecule has 0 aliphatic heterocycles. The monoisotopic (exact) mass is 363 g/mol. The van der Waals surface area contributed by atoms with E-state index in [-0.39, 0.29) is 24.7 Å². The van der Waals surface area contributed by atoms with Crippen LogP contribution in [-0.4, -0.2) is 60.3 Å². The van der Waals surface area contributed by atoms with E-state index in [4.69, 9.17) is 9.84 Å². The lowest BCUT2D eigenvalue weighted by atomic mass is 9.85. The molecule has 0 radical (unpaired) electrons. The quantitative estimate of drug-likeness (QED) is 0.553. The van der Waals surface area contributed by atoms with E-state index in [0.717, 1.165) is 30.6 Å². The van der Waals surface area contributed by atoms with E-state index < -0.39 is 5.97 Å². The van der Waals surface area contributed by atoms with E-state index >= 15 is 0 Å². The van der Waals surface area contributed by atoms with Gasteiger partial charge in [0.25, 0.3) is 0 Å². The summed E-state index contributed by atoms with van der Waals surface area (Å²) in [6.07, 6.45) is 2.33.